The highest BCUT2D eigenvalue weighted by Crippen LogP contribution is 2.35. The van der Waals surface area contributed by atoms with Crippen LogP contribution < -0.4 is 5.32 Å². The lowest BCUT2D eigenvalue weighted by Crippen LogP contribution is -2.55. The van der Waals surface area contributed by atoms with Crippen molar-refractivity contribution in [3.8, 4) is 11.1 Å². The zero-order valence-electron chi connectivity index (χ0n) is 21.4. The molecule has 0 spiro atoms. The molecule has 0 unspecified atom stereocenters. The number of urea groups is 1. The fourth-order valence-electron chi connectivity index (χ4n) is 5.78. The summed E-state index contributed by atoms with van der Waals surface area (Å²) in [6, 6.07) is 7.02. The van der Waals surface area contributed by atoms with Crippen molar-refractivity contribution in [1.29, 1.82) is 0 Å². The molecule has 2 fully saturated rings. The summed E-state index contributed by atoms with van der Waals surface area (Å²) in [4.78, 5) is 25.4. The highest BCUT2D eigenvalue weighted by Gasteiger charge is 2.34. The average Bonchev–Trinajstić information content (AvgIpc) is 3.27. The molecule has 5 heterocycles. The van der Waals surface area contributed by atoms with Gasteiger partial charge in [0.15, 0.2) is 0 Å². The first-order valence-electron chi connectivity index (χ1n) is 13.0. The Balaban J connectivity index is 1.35. The van der Waals surface area contributed by atoms with E-state index >= 15 is 0 Å². The number of carbonyl (C=O) groups excluding carboxylic acids is 1. The number of hydrogen-bond acceptors (Lipinski definition) is 5. The minimum Gasteiger partial charge on any atom is -0.378 e. The molecule has 2 saturated heterocycles. The molecule has 2 amide bonds. The van der Waals surface area contributed by atoms with Gasteiger partial charge in [-0.25, -0.2) is 9.78 Å². The van der Waals surface area contributed by atoms with Crippen molar-refractivity contribution in [2.24, 2.45) is 0 Å². The maximum Gasteiger partial charge on any atom is 0.320 e. The van der Waals surface area contributed by atoms with Crippen molar-refractivity contribution in [1.82, 2.24) is 25.1 Å². The summed E-state index contributed by atoms with van der Waals surface area (Å²) in [6.07, 6.45) is 4.79. The fourth-order valence-corrected chi connectivity index (χ4v) is 5.78. The number of amides is 2. The lowest BCUT2D eigenvalue weighted by atomic mass is 9.87. The van der Waals surface area contributed by atoms with E-state index in [-0.39, 0.29) is 17.7 Å². The molecule has 2 aromatic heterocycles. The number of carbonyl (C=O) groups is 1. The number of morpholine rings is 2. The summed E-state index contributed by atoms with van der Waals surface area (Å²) in [5.74, 6) is 0. The van der Waals surface area contributed by atoms with E-state index in [1.165, 1.54) is 27.8 Å². The van der Waals surface area contributed by atoms with Crippen molar-refractivity contribution in [3.63, 3.8) is 0 Å². The van der Waals surface area contributed by atoms with E-state index in [2.05, 4.69) is 40.4 Å². The van der Waals surface area contributed by atoms with E-state index in [0.717, 1.165) is 42.7 Å². The first-order chi connectivity index (χ1) is 17.4. The molecule has 3 aliphatic heterocycles. The summed E-state index contributed by atoms with van der Waals surface area (Å²) in [5.41, 5.74) is 7.87. The van der Waals surface area contributed by atoms with Gasteiger partial charge in [0.1, 0.15) is 5.65 Å². The molecule has 0 radical (unpaired) electrons. The number of aromatic nitrogens is 2. The van der Waals surface area contributed by atoms with E-state index in [9.17, 15) is 4.79 Å². The van der Waals surface area contributed by atoms with Crippen LogP contribution in [-0.2, 0) is 22.4 Å². The monoisotopic (exact) mass is 489 g/mol. The number of benzene rings is 1. The quantitative estimate of drug-likeness (QED) is 0.572. The third-order valence-electron chi connectivity index (χ3n) is 7.71. The number of aryl methyl sites for hydroxylation is 1. The van der Waals surface area contributed by atoms with Crippen molar-refractivity contribution < 1.29 is 14.3 Å². The number of nitrogens with zero attached hydrogens (tertiary/aromatic N) is 3. The molecule has 0 aliphatic carbocycles. The normalized spacial score (nSPS) is 22.0. The Kier molecular flexibility index (Phi) is 5.98. The van der Waals surface area contributed by atoms with Gasteiger partial charge in [0, 0.05) is 49.5 Å². The molecule has 1 aromatic carbocycles. The Morgan fingerprint density at radius 2 is 2.03 bits per heavy atom. The SMILES string of the molecule is Cc1c[nH]c2ncc(-c3cc4c(c([C@@H]5COCCN5)c3)CN(C(=O)N3CCOC(C)(C)C3)CC4)cc12. The van der Waals surface area contributed by atoms with Gasteiger partial charge in [-0.2, -0.15) is 0 Å². The van der Waals surface area contributed by atoms with Gasteiger partial charge < -0.3 is 29.6 Å². The molecule has 0 bridgehead atoms. The van der Waals surface area contributed by atoms with Crippen LogP contribution in [0.5, 0.6) is 0 Å². The number of fused-ring (bicyclic) bond motifs is 2. The molecule has 190 valence electrons. The van der Waals surface area contributed by atoms with E-state index in [1.54, 1.807) is 0 Å². The highest BCUT2D eigenvalue weighted by atomic mass is 16.5. The van der Waals surface area contributed by atoms with Gasteiger partial charge in [-0.15, -0.1) is 0 Å². The smallest absolute Gasteiger partial charge is 0.320 e. The van der Waals surface area contributed by atoms with Crippen LogP contribution in [0.4, 0.5) is 4.79 Å². The summed E-state index contributed by atoms with van der Waals surface area (Å²) in [6.45, 7) is 11.6. The summed E-state index contributed by atoms with van der Waals surface area (Å²) >= 11 is 0. The minimum atomic E-state index is -0.308. The third kappa shape index (κ3) is 4.38. The predicted octanol–water partition coefficient (Wildman–Crippen LogP) is 3.79. The molecule has 3 aromatic rings. The molecule has 0 saturated carbocycles. The Hall–Kier alpha value is -2.94. The second-order valence-corrected chi connectivity index (χ2v) is 10.9. The Morgan fingerprint density at radius 3 is 2.83 bits per heavy atom. The van der Waals surface area contributed by atoms with E-state index < -0.39 is 0 Å². The van der Waals surface area contributed by atoms with Gasteiger partial charge in [-0.3, -0.25) is 0 Å². The van der Waals surface area contributed by atoms with Gasteiger partial charge in [-0.1, -0.05) is 6.07 Å². The van der Waals surface area contributed by atoms with Crippen LogP contribution in [0.25, 0.3) is 22.2 Å². The van der Waals surface area contributed by atoms with Crippen LogP contribution in [0.2, 0.25) is 0 Å². The first kappa shape index (κ1) is 23.5. The van der Waals surface area contributed by atoms with E-state index in [4.69, 9.17) is 9.47 Å². The highest BCUT2D eigenvalue weighted by molar-refractivity contribution is 5.84. The maximum atomic E-state index is 13.5. The number of ether oxygens (including phenoxy) is 2. The average molecular weight is 490 g/mol. The largest absolute Gasteiger partial charge is 0.378 e. The predicted molar refractivity (Wildman–Crippen MR) is 139 cm³/mol. The zero-order valence-corrected chi connectivity index (χ0v) is 21.4. The Labute approximate surface area is 212 Å². The Morgan fingerprint density at radius 1 is 1.14 bits per heavy atom. The van der Waals surface area contributed by atoms with Crippen LogP contribution >= 0.6 is 0 Å². The second-order valence-electron chi connectivity index (χ2n) is 10.9. The van der Waals surface area contributed by atoms with Gasteiger partial charge in [0.2, 0.25) is 0 Å². The van der Waals surface area contributed by atoms with Crippen LogP contribution in [0.1, 0.15) is 42.1 Å². The van der Waals surface area contributed by atoms with Gasteiger partial charge in [-0.05, 0) is 67.1 Å². The molecule has 6 rings (SSSR count). The first-order valence-corrected chi connectivity index (χ1v) is 13.0. The standard InChI is InChI=1S/C28H35N5O3/c1-18-13-30-26-22(18)12-21(14-31-26)20-10-19-4-6-32(27(34)33-7-9-36-28(2,3)17-33)15-24(19)23(11-20)25-16-35-8-5-29-25/h10-14,25,29H,4-9,15-17H2,1-3H3,(H,30,31)/t25-/m0/s1. The summed E-state index contributed by atoms with van der Waals surface area (Å²) in [5, 5.41) is 4.79. The Bertz CT molecular complexity index is 1290. The number of H-pyrrole nitrogens is 1. The van der Waals surface area contributed by atoms with Gasteiger partial charge >= 0.3 is 6.03 Å². The van der Waals surface area contributed by atoms with Crippen molar-refractivity contribution in [2.75, 3.05) is 46.0 Å². The van der Waals surface area contributed by atoms with Crippen LogP contribution in [-0.4, -0.2) is 77.4 Å². The van der Waals surface area contributed by atoms with Crippen molar-refractivity contribution in [3.05, 3.63) is 52.8 Å². The third-order valence-corrected chi connectivity index (χ3v) is 7.71. The number of pyridine rings is 1. The van der Waals surface area contributed by atoms with Crippen LogP contribution in [0.15, 0.2) is 30.6 Å². The van der Waals surface area contributed by atoms with Crippen molar-refractivity contribution >= 4 is 17.1 Å². The molecule has 3 aliphatic rings. The number of rotatable bonds is 2. The molecular weight excluding hydrogens is 454 g/mol. The number of hydrogen-bond donors (Lipinski definition) is 2. The lowest BCUT2D eigenvalue weighted by Gasteiger charge is -2.42. The molecule has 8 heteroatoms. The van der Waals surface area contributed by atoms with E-state index in [0.29, 0.717) is 32.8 Å². The molecule has 2 N–H and O–H groups in total. The fraction of sp³-hybridized carbons (Fsp3) is 0.500. The van der Waals surface area contributed by atoms with Crippen molar-refractivity contribution in [2.45, 2.75) is 45.4 Å². The molecule has 8 nitrogen and oxygen atoms in total. The summed E-state index contributed by atoms with van der Waals surface area (Å²) in [7, 11) is 0. The minimum absolute atomic E-state index is 0.107. The maximum absolute atomic E-state index is 13.5. The lowest BCUT2D eigenvalue weighted by molar-refractivity contribution is -0.0767. The topological polar surface area (TPSA) is 82.7 Å². The molecular formula is C28H35N5O3. The van der Waals surface area contributed by atoms with E-state index in [1.807, 2.05) is 36.0 Å². The van der Waals surface area contributed by atoms with Gasteiger partial charge in [0.05, 0.1) is 38.0 Å². The molecule has 36 heavy (non-hydrogen) atoms. The van der Waals surface area contributed by atoms with Crippen LogP contribution in [0.3, 0.4) is 0 Å². The van der Waals surface area contributed by atoms with Crippen LogP contribution in [0, 0.1) is 6.92 Å². The number of nitrogens with one attached hydrogen (secondary N) is 2. The molecule has 1 atom stereocenters. The number of aromatic amines is 1. The second kappa shape index (κ2) is 9.18. The zero-order chi connectivity index (χ0) is 24.9. The van der Waals surface area contributed by atoms with Gasteiger partial charge in [0.25, 0.3) is 0 Å². The summed E-state index contributed by atoms with van der Waals surface area (Å²) < 4.78 is 11.7.